The Morgan fingerprint density at radius 2 is 2.07 bits per heavy atom. The number of amides is 1. The van der Waals surface area contributed by atoms with E-state index in [0.29, 0.717) is 18.8 Å². The van der Waals surface area contributed by atoms with Crippen molar-refractivity contribution < 1.29 is 17.6 Å². The van der Waals surface area contributed by atoms with E-state index in [1.54, 1.807) is 18.3 Å². The zero-order valence-corrected chi connectivity index (χ0v) is 17.5. The molecule has 0 unspecified atom stereocenters. The standard InChI is InChI=1S/C21H27N3O4S/c1-16-7-8-17(28-16)12-23-20(25)19-14-24(15-21(19)9-3-2-4-10-21)29(26,27)18-6-5-11-22-13-18/h5-8,11,13,19H,2-4,9-10,12,14-15H2,1H3,(H,23,25)/t19-/m0/s1. The van der Waals surface area contributed by atoms with Crippen LogP contribution in [0.2, 0.25) is 0 Å². The molecule has 1 aliphatic heterocycles. The lowest BCUT2D eigenvalue weighted by Crippen LogP contribution is -2.42. The summed E-state index contributed by atoms with van der Waals surface area (Å²) < 4.78 is 33.3. The van der Waals surface area contributed by atoms with Crippen LogP contribution in [0.4, 0.5) is 0 Å². The van der Waals surface area contributed by atoms with Crippen LogP contribution < -0.4 is 5.32 Å². The Balaban J connectivity index is 1.55. The fourth-order valence-electron chi connectivity index (χ4n) is 4.76. The summed E-state index contributed by atoms with van der Waals surface area (Å²) in [6.07, 6.45) is 7.88. The SMILES string of the molecule is Cc1ccc(CNC(=O)[C@@H]2CN(S(=O)(=O)c3cccnc3)CC23CCCCC3)o1. The second-order valence-electron chi connectivity index (χ2n) is 8.19. The predicted molar refractivity (Wildman–Crippen MR) is 107 cm³/mol. The van der Waals surface area contributed by atoms with E-state index >= 15 is 0 Å². The lowest BCUT2D eigenvalue weighted by molar-refractivity contribution is -0.128. The van der Waals surface area contributed by atoms with Gasteiger partial charge < -0.3 is 9.73 Å². The van der Waals surface area contributed by atoms with Gasteiger partial charge in [-0.25, -0.2) is 8.42 Å². The van der Waals surface area contributed by atoms with Gasteiger partial charge in [0.25, 0.3) is 0 Å². The van der Waals surface area contributed by atoms with Gasteiger partial charge in [-0.1, -0.05) is 19.3 Å². The molecule has 1 atom stereocenters. The van der Waals surface area contributed by atoms with E-state index in [1.165, 1.54) is 10.5 Å². The molecule has 1 N–H and O–H groups in total. The minimum Gasteiger partial charge on any atom is -0.465 e. The first kappa shape index (κ1) is 20.1. The molecule has 2 fully saturated rings. The van der Waals surface area contributed by atoms with Gasteiger partial charge in [0.15, 0.2) is 0 Å². The number of carbonyl (C=O) groups excluding carboxylic acids is 1. The highest BCUT2D eigenvalue weighted by Crippen LogP contribution is 2.48. The average molecular weight is 418 g/mol. The minimum atomic E-state index is -3.67. The van der Waals surface area contributed by atoms with Gasteiger partial charge in [-0.15, -0.1) is 0 Å². The normalized spacial score (nSPS) is 22.0. The maximum atomic E-state index is 13.1. The predicted octanol–water partition coefficient (Wildman–Crippen LogP) is 2.87. The molecule has 1 aliphatic carbocycles. The first-order valence-corrected chi connectivity index (χ1v) is 11.6. The number of sulfonamides is 1. The molecule has 1 spiro atoms. The average Bonchev–Trinajstić information content (AvgIpc) is 3.31. The van der Waals surface area contributed by atoms with Crippen LogP contribution in [-0.4, -0.2) is 36.7 Å². The van der Waals surface area contributed by atoms with Gasteiger partial charge in [-0.05, 0) is 49.4 Å². The summed E-state index contributed by atoms with van der Waals surface area (Å²) in [5.74, 6) is 1.05. The zero-order valence-electron chi connectivity index (χ0n) is 16.6. The zero-order chi connectivity index (χ0) is 20.5. The molecule has 0 aromatic carbocycles. The van der Waals surface area contributed by atoms with Crippen molar-refractivity contribution in [3.63, 3.8) is 0 Å². The molecule has 4 rings (SSSR count). The Labute approximate surface area is 171 Å². The van der Waals surface area contributed by atoms with E-state index in [1.807, 2.05) is 19.1 Å². The molecular formula is C21H27N3O4S. The van der Waals surface area contributed by atoms with E-state index in [2.05, 4.69) is 10.3 Å². The summed E-state index contributed by atoms with van der Waals surface area (Å²) in [6.45, 7) is 2.78. The number of pyridine rings is 1. The van der Waals surface area contributed by atoms with Crippen molar-refractivity contribution in [2.24, 2.45) is 11.3 Å². The van der Waals surface area contributed by atoms with Crippen LogP contribution in [0.3, 0.4) is 0 Å². The quantitative estimate of drug-likeness (QED) is 0.808. The van der Waals surface area contributed by atoms with Crippen LogP contribution in [0.5, 0.6) is 0 Å². The molecule has 1 saturated heterocycles. The second kappa shape index (κ2) is 7.91. The molecule has 2 aliphatic rings. The summed E-state index contributed by atoms with van der Waals surface area (Å²) in [5, 5.41) is 2.97. The Kier molecular flexibility index (Phi) is 5.48. The van der Waals surface area contributed by atoms with Gasteiger partial charge in [0.05, 0.1) is 12.5 Å². The molecule has 7 nitrogen and oxygen atoms in total. The number of rotatable bonds is 5. The number of aryl methyl sites for hydroxylation is 1. The smallest absolute Gasteiger partial charge is 0.244 e. The van der Waals surface area contributed by atoms with E-state index in [0.717, 1.165) is 37.9 Å². The lowest BCUT2D eigenvalue weighted by atomic mass is 9.67. The van der Waals surface area contributed by atoms with Gasteiger partial charge in [0.2, 0.25) is 15.9 Å². The van der Waals surface area contributed by atoms with Crippen molar-refractivity contribution in [1.29, 1.82) is 0 Å². The maximum absolute atomic E-state index is 13.1. The summed E-state index contributed by atoms with van der Waals surface area (Å²) in [4.78, 5) is 17.3. The fraction of sp³-hybridized carbons (Fsp3) is 0.524. The molecule has 29 heavy (non-hydrogen) atoms. The topological polar surface area (TPSA) is 92.5 Å². The van der Waals surface area contributed by atoms with Crippen molar-refractivity contribution in [3.8, 4) is 0 Å². The van der Waals surface area contributed by atoms with Crippen molar-refractivity contribution in [3.05, 3.63) is 48.2 Å². The number of carbonyl (C=O) groups is 1. The van der Waals surface area contributed by atoms with Gasteiger partial charge in [-0.2, -0.15) is 4.31 Å². The summed E-state index contributed by atoms with van der Waals surface area (Å²) in [6, 6.07) is 6.89. The third-order valence-corrected chi connectivity index (χ3v) is 8.08. The van der Waals surface area contributed by atoms with E-state index < -0.39 is 10.0 Å². The molecular weight excluding hydrogens is 390 g/mol. The van der Waals surface area contributed by atoms with Crippen LogP contribution in [0.1, 0.15) is 43.6 Å². The van der Waals surface area contributed by atoms with Crippen LogP contribution in [0.15, 0.2) is 46.0 Å². The Bertz CT molecular complexity index is 965. The first-order valence-electron chi connectivity index (χ1n) is 10.1. The number of furan rings is 1. The van der Waals surface area contributed by atoms with Gasteiger partial charge >= 0.3 is 0 Å². The Morgan fingerprint density at radius 3 is 2.72 bits per heavy atom. The molecule has 8 heteroatoms. The van der Waals surface area contributed by atoms with Crippen molar-refractivity contribution >= 4 is 15.9 Å². The van der Waals surface area contributed by atoms with Gasteiger partial charge in [0, 0.05) is 25.5 Å². The molecule has 0 radical (unpaired) electrons. The molecule has 2 aromatic heterocycles. The van der Waals surface area contributed by atoms with E-state index in [-0.39, 0.29) is 28.7 Å². The number of nitrogens with zero attached hydrogens (tertiary/aromatic N) is 2. The first-order chi connectivity index (χ1) is 13.9. The van der Waals surface area contributed by atoms with E-state index in [4.69, 9.17) is 4.42 Å². The van der Waals surface area contributed by atoms with Crippen molar-refractivity contribution in [2.75, 3.05) is 13.1 Å². The van der Waals surface area contributed by atoms with Crippen LogP contribution >= 0.6 is 0 Å². The summed E-state index contributed by atoms with van der Waals surface area (Å²) >= 11 is 0. The van der Waals surface area contributed by atoms with Gasteiger partial charge in [-0.3, -0.25) is 9.78 Å². The largest absolute Gasteiger partial charge is 0.465 e. The molecule has 1 saturated carbocycles. The second-order valence-corrected chi connectivity index (χ2v) is 10.1. The maximum Gasteiger partial charge on any atom is 0.244 e. The van der Waals surface area contributed by atoms with Crippen LogP contribution in [-0.2, 0) is 21.4 Å². The number of hydrogen-bond donors (Lipinski definition) is 1. The Morgan fingerprint density at radius 1 is 1.28 bits per heavy atom. The molecule has 2 aromatic rings. The van der Waals surface area contributed by atoms with Crippen LogP contribution in [0.25, 0.3) is 0 Å². The van der Waals surface area contributed by atoms with Crippen LogP contribution in [0, 0.1) is 18.3 Å². The van der Waals surface area contributed by atoms with E-state index in [9.17, 15) is 13.2 Å². The van der Waals surface area contributed by atoms with Gasteiger partial charge in [0.1, 0.15) is 16.4 Å². The summed E-state index contributed by atoms with van der Waals surface area (Å²) in [7, 11) is -3.67. The fourth-order valence-corrected chi connectivity index (χ4v) is 6.27. The number of nitrogens with one attached hydrogen (secondary N) is 1. The minimum absolute atomic E-state index is 0.0927. The Hall–Kier alpha value is -2.19. The number of aromatic nitrogens is 1. The molecule has 3 heterocycles. The highest BCUT2D eigenvalue weighted by atomic mass is 32.2. The van der Waals surface area contributed by atoms with Crippen molar-refractivity contribution in [1.82, 2.24) is 14.6 Å². The third kappa shape index (κ3) is 3.96. The summed E-state index contributed by atoms with van der Waals surface area (Å²) in [5.41, 5.74) is -0.295. The molecule has 0 bridgehead atoms. The monoisotopic (exact) mass is 417 g/mol. The highest BCUT2D eigenvalue weighted by molar-refractivity contribution is 7.89. The third-order valence-electron chi connectivity index (χ3n) is 6.29. The van der Waals surface area contributed by atoms with Crippen molar-refractivity contribution in [2.45, 2.75) is 50.5 Å². The number of hydrogen-bond acceptors (Lipinski definition) is 5. The lowest BCUT2D eigenvalue weighted by Gasteiger charge is -2.37. The molecule has 1 amide bonds. The highest BCUT2D eigenvalue weighted by Gasteiger charge is 2.53. The molecule has 156 valence electrons.